The Morgan fingerprint density at radius 1 is 1.05 bits per heavy atom. The number of carboxylic acids is 1. The number of benzene rings is 3. The molecule has 1 atom stereocenters. The summed E-state index contributed by atoms with van der Waals surface area (Å²) in [5, 5.41) is 31.3. The number of aromatic nitrogens is 1. The van der Waals surface area contributed by atoms with Crippen molar-refractivity contribution in [3.8, 4) is 28.7 Å². The standard InChI is InChI=1S/C34H32N4O6/c1-23-26(10-7-11-29(23)25-8-3-2-4-9-25)22-44-33-18-32(43-21-24-13-14-36-28(16-24)19-35)27(17-31(33)38(41)42)20-37-15-6-5-12-30(37)34(39)40/h2-4,7-11,13-14,16-18,30H,5-6,12,15,20-22H2,1H3,(H,39,40). The average Bonchev–Trinajstić information content (AvgIpc) is 3.04. The predicted octanol–water partition coefficient (Wildman–Crippen LogP) is 6.43. The van der Waals surface area contributed by atoms with Gasteiger partial charge in [-0.25, -0.2) is 4.98 Å². The maximum Gasteiger partial charge on any atom is 0.320 e. The first-order valence-electron chi connectivity index (χ1n) is 14.4. The van der Waals surface area contributed by atoms with Crippen molar-refractivity contribution >= 4 is 11.7 Å². The van der Waals surface area contributed by atoms with Crippen LogP contribution in [-0.2, 0) is 24.6 Å². The maximum absolute atomic E-state index is 12.3. The summed E-state index contributed by atoms with van der Waals surface area (Å²) in [6.45, 7) is 2.87. The van der Waals surface area contributed by atoms with Gasteiger partial charge in [0.1, 0.15) is 36.8 Å². The van der Waals surface area contributed by atoms with Crippen LogP contribution in [0.3, 0.4) is 0 Å². The number of hydrogen-bond acceptors (Lipinski definition) is 8. The third-order valence-electron chi connectivity index (χ3n) is 7.86. The second-order valence-corrected chi connectivity index (χ2v) is 10.7. The van der Waals surface area contributed by atoms with E-state index >= 15 is 0 Å². The van der Waals surface area contributed by atoms with Gasteiger partial charge in [-0.3, -0.25) is 19.8 Å². The van der Waals surface area contributed by atoms with Crippen molar-refractivity contribution in [1.82, 2.24) is 9.88 Å². The Morgan fingerprint density at radius 3 is 2.59 bits per heavy atom. The van der Waals surface area contributed by atoms with E-state index in [0.717, 1.165) is 35.1 Å². The predicted molar refractivity (Wildman–Crippen MR) is 163 cm³/mol. The van der Waals surface area contributed by atoms with Crippen LogP contribution in [0, 0.1) is 28.4 Å². The minimum absolute atomic E-state index is 0.0409. The van der Waals surface area contributed by atoms with Crippen LogP contribution in [0.1, 0.15) is 47.2 Å². The maximum atomic E-state index is 12.3. The summed E-state index contributed by atoms with van der Waals surface area (Å²) in [6, 6.07) is 23.4. The lowest BCUT2D eigenvalue weighted by molar-refractivity contribution is -0.386. The topological polar surface area (TPSA) is 139 Å². The number of aliphatic carboxylic acids is 1. The van der Waals surface area contributed by atoms with Crippen LogP contribution >= 0.6 is 0 Å². The molecule has 1 saturated heterocycles. The molecule has 1 fully saturated rings. The summed E-state index contributed by atoms with van der Waals surface area (Å²) in [7, 11) is 0. The van der Waals surface area contributed by atoms with E-state index < -0.39 is 16.9 Å². The van der Waals surface area contributed by atoms with Gasteiger partial charge in [-0.15, -0.1) is 0 Å². The molecule has 1 aromatic heterocycles. The minimum Gasteiger partial charge on any atom is -0.488 e. The van der Waals surface area contributed by atoms with E-state index in [0.29, 0.717) is 29.8 Å². The van der Waals surface area contributed by atoms with E-state index in [1.807, 2.05) is 66.4 Å². The molecule has 1 unspecified atom stereocenters. The molecule has 10 heteroatoms. The number of ether oxygens (including phenoxy) is 2. The molecule has 44 heavy (non-hydrogen) atoms. The normalized spacial score (nSPS) is 14.9. The zero-order chi connectivity index (χ0) is 31.1. The Hall–Kier alpha value is -5.27. The molecule has 0 amide bonds. The molecular weight excluding hydrogens is 560 g/mol. The molecule has 0 bridgehead atoms. The number of carboxylic acid groups (broad SMARTS) is 1. The summed E-state index contributed by atoms with van der Waals surface area (Å²) in [6.07, 6.45) is 3.65. The molecule has 2 heterocycles. The number of rotatable bonds is 11. The average molecular weight is 593 g/mol. The zero-order valence-corrected chi connectivity index (χ0v) is 24.3. The summed E-state index contributed by atoms with van der Waals surface area (Å²) >= 11 is 0. The van der Waals surface area contributed by atoms with Crippen molar-refractivity contribution in [2.75, 3.05) is 6.54 Å². The first kappa shape index (κ1) is 30.2. The number of pyridine rings is 1. The molecule has 4 aromatic rings. The lowest BCUT2D eigenvalue weighted by atomic mass is 9.97. The van der Waals surface area contributed by atoms with E-state index in [-0.39, 0.29) is 36.9 Å². The quantitative estimate of drug-likeness (QED) is 0.154. The van der Waals surface area contributed by atoms with Gasteiger partial charge >= 0.3 is 11.7 Å². The van der Waals surface area contributed by atoms with Gasteiger partial charge in [0.25, 0.3) is 0 Å². The van der Waals surface area contributed by atoms with Crippen molar-refractivity contribution in [2.24, 2.45) is 0 Å². The summed E-state index contributed by atoms with van der Waals surface area (Å²) in [4.78, 5) is 29.5. The van der Waals surface area contributed by atoms with Gasteiger partial charge < -0.3 is 14.6 Å². The SMILES string of the molecule is Cc1c(COc2cc(OCc3ccnc(C#N)c3)c(CN3CCCCC3C(=O)O)cc2[N+](=O)[O-])cccc1-c1ccccc1. The Labute approximate surface area is 255 Å². The largest absolute Gasteiger partial charge is 0.488 e. The second kappa shape index (κ2) is 13.8. The number of likely N-dealkylation sites (tertiary alicyclic amines) is 1. The van der Waals surface area contributed by atoms with Crippen molar-refractivity contribution < 1.29 is 24.3 Å². The van der Waals surface area contributed by atoms with Crippen molar-refractivity contribution in [3.63, 3.8) is 0 Å². The molecule has 1 aliphatic rings. The van der Waals surface area contributed by atoms with E-state index in [1.54, 1.807) is 12.1 Å². The molecule has 0 saturated carbocycles. The van der Waals surface area contributed by atoms with Crippen LogP contribution in [0.15, 0.2) is 79.0 Å². The minimum atomic E-state index is -0.921. The van der Waals surface area contributed by atoms with Crippen LogP contribution in [0.5, 0.6) is 11.5 Å². The Bertz CT molecular complexity index is 1700. The van der Waals surface area contributed by atoms with Gasteiger partial charge in [-0.2, -0.15) is 5.26 Å². The van der Waals surface area contributed by atoms with Crippen molar-refractivity contribution in [1.29, 1.82) is 5.26 Å². The Kier molecular flexibility index (Phi) is 9.47. The van der Waals surface area contributed by atoms with Gasteiger partial charge in [0.15, 0.2) is 0 Å². The van der Waals surface area contributed by atoms with E-state index in [2.05, 4.69) is 4.98 Å². The lowest BCUT2D eigenvalue weighted by Crippen LogP contribution is -2.44. The fourth-order valence-corrected chi connectivity index (χ4v) is 5.50. The summed E-state index contributed by atoms with van der Waals surface area (Å²) < 4.78 is 12.3. The molecular formula is C34H32N4O6. The van der Waals surface area contributed by atoms with Crippen LogP contribution < -0.4 is 9.47 Å². The fourth-order valence-electron chi connectivity index (χ4n) is 5.50. The van der Waals surface area contributed by atoms with Crippen LogP contribution in [0.2, 0.25) is 0 Å². The highest BCUT2D eigenvalue weighted by atomic mass is 16.6. The number of nitro groups is 1. The van der Waals surface area contributed by atoms with Crippen LogP contribution in [0.25, 0.3) is 11.1 Å². The van der Waals surface area contributed by atoms with E-state index in [4.69, 9.17) is 9.47 Å². The first-order valence-corrected chi connectivity index (χ1v) is 14.4. The van der Waals surface area contributed by atoms with Gasteiger partial charge in [-0.05, 0) is 66.3 Å². The number of nitriles is 1. The summed E-state index contributed by atoms with van der Waals surface area (Å²) in [5.41, 5.74) is 5.17. The second-order valence-electron chi connectivity index (χ2n) is 10.7. The third-order valence-corrected chi connectivity index (χ3v) is 7.86. The highest BCUT2D eigenvalue weighted by Gasteiger charge is 2.30. The lowest BCUT2D eigenvalue weighted by Gasteiger charge is -2.33. The van der Waals surface area contributed by atoms with E-state index in [9.17, 15) is 25.3 Å². The highest BCUT2D eigenvalue weighted by molar-refractivity contribution is 5.73. The van der Waals surface area contributed by atoms with Crippen molar-refractivity contribution in [3.05, 3.63) is 117 Å². The van der Waals surface area contributed by atoms with Crippen molar-refractivity contribution in [2.45, 2.75) is 52.0 Å². The van der Waals surface area contributed by atoms with E-state index in [1.165, 1.54) is 18.3 Å². The third kappa shape index (κ3) is 7.02. The number of piperidine rings is 1. The van der Waals surface area contributed by atoms with Gasteiger partial charge in [0.05, 0.1) is 4.92 Å². The molecule has 5 rings (SSSR count). The molecule has 0 spiro atoms. The molecule has 1 N–H and O–H groups in total. The zero-order valence-electron chi connectivity index (χ0n) is 24.3. The van der Waals surface area contributed by atoms with Crippen LogP contribution in [0.4, 0.5) is 5.69 Å². The highest BCUT2D eigenvalue weighted by Crippen LogP contribution is 2.38. The van der Waals surface area contributed by atoms with Gasteiger partial charge in [-0.1, -0.05) is 55.0 Å². The smallest absolute Gasteiger partial charge is 0.320 e. The first-order chi connectivity index (χ1) is 21.3. The summed E-state index contributed by atoms with van der Waals surface area (Å²) in [5.74, 6) is -0.542. The van der Waals surface area contributed by atoms with Gasteiger partial charge in [0.2, 0.25) is 5.75 Å². The molecule has 0 aliphatic carbocycles. The molecule has 1 aliphatic heterocycles. The fraction of sp³-hybridized carbons (Fsp3) is 0.265. The number of nitro benzene ring substituents is 1. The number of hydrogen-bond donors (Lipinski definition) is 1. The molecule has 224 valence electrons. The van der Waals surface area contributed by atoms with Crippen LogP contribution in [-0.4, -0.2) is 38.5 Å². The van der Waals surface area contributed by atoms with Gasteiger partial charge in [0, 0.05) is 30.4 Å². The Balaban J connectivity index is 1.47. The Morgan fingerprint density at radius 2 is 1.84 bits per heavy atom. The number of nitrogens with zero attached hydrogens (tertiary/aromatic N) is 4. The number of carbonyl (C=O) groups is 1. The molecule has 0 radical (unpaired) electrons. The monoisotopic (exact) mass is 592 g/mol. The molecule has 3 aromatic carbocycles. The molecule has 10 nitrogen and oxygen atoms in total.